The monoisotopic (exact) mass is 791 g/mol. The summed E-state index contributed by atoms with van der Waals surface area (Å²) < 4.78 is 0. The fourth-order valence-electron chi connectivity index (χ4n) is 8.07. The van der Waals surface area contributed by atoms with Crippen LogP contribution in [0.3, 0.4) is 0 Å². The summed E-state index contributed by atoms with van der Waals surface area (Å²) in [6.07, 6.45) is 27.3. The largest absolute Gasteiger partial charge is 4.00 e. The first-order valence-corrected chi connectivity index (χ1v) is 18.7. The molecular weight excluding hydrogens is 732 g/mol. The topological polar surface area (TPSA) is 34.7 Å². The number of aryl methyl sites for hydroxylation is 2. The minimum absolute atomic E-state index is 0. The van der Waals surface area contributed by atoms with Gasteiger partial charge in [-0.1, -0.05) is 165 Å². The van der Waals surface area contributed by atoms with Crippen LogP contribution in [0.2, 0.25) is 0 Å². The van der Waals surface area contributed by atoms with Crippen LogP contribution >= 0.6 is 0 Å². The molecule has 2 aliphatic heterocycles. The minimum Gasteiger partial charge on any atom is -0.567 e. The Morgan fingerprint density at radius 1 is 0.622 bits per heavy atom. The molecule has 3 fully saturated rings. The van der Waals surface area contributed by atoms with Crippen molar-refractivity contribution in [1.29, 1.82) is 0 Å². The van der Waals surface area contributed by atoms with Crippen LogP contribution < -0.4 is 10.0 Å². The molecule has 0 amide bonds. The second-order valence-corrected chi connectivity index (χ2v) is 14.1. The quantitative estimate of drug-likeness (QED) is 0.111. The van der Waals surface area contributed by atoms with Gasteiger partial charge in [0, 0.05) is 0 Å². The van der Waals surface area contributed by atoms with Gasteiger partial charge in [-0.05, 0) is 13.1 Å². The summed E-state index contributed by atoms with van der Waals surface area (Å²) in [5.74, 6) is 0. The van der Waals surface area contributed by atoms with Crippen molar-refractivity contribution in [2.24, 2.45) is 5.41 Å². The van der Waals surface area contributed by atoms with Gasteiger partial charge in [-0.15, -0.1) is 24.2 Å². The average Bonchev–Trinajstić information content (AvgIpc) is 3.77. The number of unbranched alkanes of at least 4 members (excludes halogenated alkanes) is 10. The van der Waals surface area contributed by atoms with E-state index in [1.165, 1.54) is 133 Å². The molecule has 0 aromatic heterocycles. The summed E-state index contributed by atoms with van der Waals surface area (Å²) in [5.41, 5.74) is 16.1. The maximum Gasteiger partial charge on any atom is 4.00 e. The van der Waals surface area contributed by atoms with Crippen LogP contribution in [0.4, 0.5) is 11.4 Å². The van der Waals surface area contributed by atoms with E-state index in [0.29, 0.717) is 12.1 Å². The zero-order chi connectivity index (χ0) is 30.5. The molecule has 0 bridgehead atoms. The van der Waals surface area contributed by atoms with E-state index in [9.17, 15) is 0 Å². The van der Waals surface area contributed by atoms with Gasteiger partial charge in [-0.2, -0.15) is 47.5 Å². The first kappa shape index (κ1) is 36.5. The SMILES string of the molecule is CCCCCCCCc1c[c-]c(N2CCC(C3(C4CCN(c5[c-]cc(CCCCCCCC)cc5)[N-]4)CCCCC3)[N-]2)cc1.[Pt+4]. The number of anilines is 2. The first-order valence-electron chi connectivity index (χ1n) is 18.7. The van der Waals surface area contributed by atoms with Crippen molar-refractivity contribution in [2.75, 3.05) is 23.1 Å². The molecule has 2 heterocycles. The zero-order valence-electron chi connectivity index (χ0n) is 28.5. The number of benzene rings is 2. The Kier molecular flexibility index (Phi) is 15.8. The van der Waals surface area contributed by atoms with E-state index in [1.54, 1.807) is 0 Å². The van der Waals surface area contributed by atoms with Crippen LogP contribution in [-0.2, 0) is 33.9 Å². The van der Waals surface area contributed by atoms with E-state index in [1.807, 2.05) is 0 Å². The molecule has 5 rings (SSSR count). The molecule has 2 atom stereocenters. The normalized spacial score (nSPS) is 21.3. The molecule has 4 nitrogen and oxygen atoms in total. The van der Waals surface area contributed by atoms with Crippen molar-refractivity contribution in [3.8, 4) is 0 Å². The van der Waals surface area contributed by atoms with Gasteiger partial charge >= 0.3 is 21.1 Å². The fraction of sp³-hybridized carbons (Fsp3) is 0.700. The molecule has 2 aromatic rings. The van der Waals surface area contributed by atoms with Gasteiger partial charge in [-0.3, -0.25) is 0 Å². The fourth-order valence-corrected chi connectivity index (χ4v) is 8.07. The number of hydrogen-bond acceptors (Lipinski definition) is 2. The summed E-state index contributed by atoms with van der Waals surface area (Å²) in [5, 5.41) is 4.52. The van der Waals surface area contributed by atoms with Gasteiger partial charge in [0.05, 0.1) is 0 Å². The predicted molar refractivity (Wildman–Crippen MR) is 188 cm³/mol. The zero-order valence-corrected chi connectivity index (χ0v) is 30.8. The van der Waals surface area contributed by atoms with Gasteiger partial charge in [0.1, 0.15) is 0 Å². The van der Waals surface area contributed by atoms with Gasteiger partial charge in [0.2, 0.25) is 0 Å². The molecule has 3 aliphatic rings. The van der Waals surface area contributed by atoms with E-state index in [4.69, 9.17) is 10.9 Å². The van der Waals surface area contributed by atoms with Crippen molar-refractivity contribution in [3.63, 3.8) is 0 Å². The first-order chi connectivity index (χ1) is 21.7. The van der Waals surface area contributed by atoms with Crippen molar-refractivity contribution < 1.29 is 21.1 Å². The van der Waals surface area contributed by atoms with Crippen LogP contribution in [-0.4, -0.2) is 25.2 Å². The summed E-state index contributed by atoms with van der Waals surface area (Å²) in [6.45, 7) is 6.58. The Labute approximate surface area is 291 Å². The maximum atomic E-state index is 5.41. The molecule has 45 heavy (non-hydrogen) atoms. The number of hydrogen-bond donors (Lipinski definition) is 0. The van der Waals surface area contributed by atoms with E-state index < -0.39 is 0 Å². The minimum atomic E-state index is 0. The van der Waals surface area contributed by atoms with Crippen molar-refractivity contribution in [1.82, 2.24) is 0 Å². The molecule has 0 spiro atoms. The van der Waals surface area contributed by atoms with E-state index in [2.05, 4.69) is 72.4 Å². The molecule has 2 unspecified atom stereocenters. The van der Waals surface area contributed by atoms with Crippen LogP contribution in [0.25, 0.3) is 10.9 Å². The molecule has 0 N–H and O–H groups in total. The van der Waals surface area contributed by atoms with Gasteiger partial charge in [0.25, 0.3) is 0 Å². The summed E-state index contributed by atoms with van der Waals surface area (Å²) >= 11 is 0. The standard InChI is InChI=1S/C40H60N4.Pt/c1-3-5-7-9-11-14-18-34-20-24-36(25-21-34)43-32-28-38(41-43)40(30-16-13-17-31-40)39-29-33-44(42-39)37-26-22-35(23-27-37)19-15-12-10-8-6-4-2;/h20-24,26,38-39H,3-19,28-33H2,1-2H3;/q-4;+4. The van der Waals surface area contributed by atoms with Gasteiger partial charge < -0.3 is 20.9 Å². The molecular formula is C40H60N4Pt. The Morgan fingerprint density at radius 3 is 1.49 bits per heavy atom. The second kappa shape index (κ2) is 19.5. The van der Waals surface area contributed by atoms with E-state index in [0.717, 1.165) is 37.3 Å². The van der Waals surface area contributed by atoms with Crippen LogP contribution in [0, 0.1) is 17.5 Å². The van der Waals surface area contributed by atoms with Crippen LogP contribution in [0.5, 0.6) is 0 Å². The Balaban J connectivity index is 0.00000461. The van der Waals surface area contributed by atoms with Crippen molar-refractivity contribution >= 4 is 11.4 Å². The molecule has 2 saturated heterocycles. The average molecular weight is 792 g/mol. The third-order valence-electron chi connectivity index (χ3n) is 10.8. The maximum absolute atomic E-state index is 5.41. The van der Waals surface area contributed by atoms with E-state index in [-0.39, 0.29) is 26.5 Å². The smallest absolute Gasteiger partial charge is 0.567 e. The number of nitrogens with zero attached hydrogens (tertiary/aromatic N) is 4. The Hall–Kier alpha value is -1.35. The molecule has 1 saturated carbocycles. The van der Waals surface area contributed by atoms with Crippen molar-refractivity contribution in [3.05, 3.63) is 70.5 Å². The van der Waals surface area contributed by atoms with Crippen LogP contribution in [0.1, 0.15) is 147 Å². The molecule has 5 heteroatoms. The molecule has 2 aromatic carbocycles. The predicted octanol–water partition coefficient (Wildman–Crippen LogP) is 11.5. The van der Waals surface area contributed by atoms with Crippen LogP contribution in [0.15, 0.2) is 36.4 Å². The summed E-state index contributed by atoms with van der Waals surface area (Å²) in [6, 6.07) is 21.5. The van der Waals surface area contributed by atoms with E-state index >= 15 is 0 Å². The Morgan fingerprint density at radius 2 is 1.07 bits per heavy atom. The summed E-state index contributed by atoms with van der Waals surface area (Å²) in [4.78, 5) is 0. The second-order valence-electron chi connectivity index (χ2n) is 14.1. The third-order valence-corrected chi connectivity index (χ3v) is 10.8. The van der Waals surface area contributed by atoms with Gasteiger partial charge in [-0.25, -0.2) is 0 Å². The van der Waals surface area contributed by atoms with Gasteiger partial charge in [0.15, 0.2) is 0 Å². The molecule has 250 valence electrons. The summed E-state index contributed by atoms with van der Waals surface area (Å²) in [7, 11) is 0. The third kappa shape index (κ3) is 10.3. The Bertz CT molecular complexity index is 985. The van der Waals surface area contributed by atoms with Crippen molar-refractivity contribution in [2.45, 2.75) is 161 Å². The number of rotatable bonds is 18. The molecule has 0 radical (unpaired) electrons. The molecule has 1 aliphatic carbocycles.